The Morgan fingerprint density at radius 3 is 2.18 bits per heavy atom. The van der Waals surface area contributed by atoms with Gasteiger partial charge in [0, 0.05) is 18.0 Å². The number of carbonyl (C=O) groups is 2. The Hall–Kier alpha value is -1.75. The van der Waals surface area contributed by atoms with Crippen molar-refractivity contribution >= 4 is 23.7 Å². The van der Waals surface area contributed by atoms with Crippen LogP contribution >= 0.6 is 11.6 Å². The fourth-order valence-electron chi connectivity index (χ4n) is 2.09. The number of esters is 1. The van der Waals surface area contributed by atoms with Gasteiger partial charge in [-0.2, -0.15) is 0 Å². The minimum atomic E-state index is -0.717. The predicted molar refractivity (Wildman–Crippen MR) is 85.0 cm³/mol. The van der Waals surface area contributed by atoms with Gasteiger partial charge in [-0.3, -0.25) is 4.90 Å². The van der Waals surface area contributed by atoms with Gasteiger partial charge < -0.3 is 9.47 Å². The highest BCUT2D eigenvalue weighted by Gasteiger charge is 2.31. The fraction of sp³-hybridized carbons (Fsp3) is 0.500. The summed E-state index contributed by atoms with van der Waals surface area (Å²) < 4.78 is 10.1. The maximum atomic E-state index is 12.2. The number of carbonyl (C=O) groups excluding carboxylic acids is 2. The quantitative estimate of drug-likeness (QED) is 0.721. The smallest absolute Gasteiger partial charge is 0.410 e. The molecule has 0 saturated carbocycles. The molecule has 0 saturated heterocycles. The van der Waals surface area contributed by atoms with Crippen molar-refractivity contribution < 1.29 is 19.1 Å². The van der Waals surface area contributed by atoms with Crippen LogP contribution in [0.4, 0.5) is 4.79 Å². The monoisotopic (exact) mass is 327 g/mol. The van der Waals surface area contributed by atoms with Crippen LogP contribution < -0.4 is 0 Å². The van der Waals surface area contributed by atoms with E-state index in [1.54, 1.807) is 32.9 Å². The molecule has 0 bridgehead atoms. The Kier molecular flexibility index (Phi) is 7.74. The lowest BCUT2D eigenvalue weighted by atomic mass is 10.0. The van der Waals surface area contributed by atoms with Crippen LogP contribution in [0, 0.1) is 0 Å². The first kappa shape index (κ1) is 18.3. The standard InChI is InChI=1S/C16H22ClNO4/c1-4-18(16(20)22-6-3)14(15(19)21-5-2)11-12-7-9-13(17)10-8-12/h7-10,14H,4-6,11H2,1-3H3. The zero-order chi connectivity index (χ0) is 16.5. The molecule has 0 aliphatic carbocycles. The Labute approximate surface area is 136 Å². The summed E-state index contributed by atoms with van der Waals surface area (Å²) in [5.41, 5.74) is 0.894. The first-order valence-corrected chi connectivity index (χ1v) is 7.75. The molecule has 0 aromatic heterocycles. The molecule has 1 unspecified atom stereocenters. The second-order valence-corrected chi connectivity index (χ2v) is 5.02. The second-order valence-electron chi connectivity index (χ2n) is 4.58. The van der Waals surface area contributed by atoms with E-state index in [0.717, 1.165) is 5.56 Å². The normalized spacial score (nSPS) is 11.6. The topological polar surface area (TPSA) is 55.8 Å². The van der Waals surface area contributed by atoms with Crippen LogP contribution in [0.15, 0.2) is 24.3 Å². The number of halogens is 1. The van der Waals surface area contributed by atoms with Crippen LogP contribution in [0.1, 0.15) is 26.3 Å². The van der Waals surface area contributed by atoms with Crippen molar-refractivity contribution in [2.75, 3.05) is 19.8 Å². The third-order valence-electron chi connectivity index (χ3n) is 3.12. The van der Waals surface area contributed by atoms with Gasteiger partial charge in [-0.05, 0) is 38.5 Å². The lowest BCUT2D eigenvalue weighted by Crippen LogP contribution is -2.47. The zero-order valence-corrected chi connectivity index (χ0v) is 13.9. The van der Waals surface area contributed by atoms with E-state index in [9.17, 15) is 9.59 Å². The number of benzene rings is 1. The summed E-state index contributed by atoms with van der Waals surface area (Å²) in [6, 6.07) is 6.44. The van der Waals surface area contributed by atoms with Crippen molar-refractivity contribution in [3.63, 3.8) is 0 Å². The average Bonchev–Trinajstić information content (AvgIpc) is 2.49. The summed E-state index contributed by atoms with van der Waals surface area (Å²) in [7, 11) is 0. The SMILES string of the molecule is CCOC(=O)C(Cc1ccc(Cl)cc1)N(CC)C(=O)OCC. The molecule has 1 aromatic carbocycles. The van der Waals surface area contributed by atoms with Crippen molar-refractivity contribution in [3.05, 3.63) is 34.9 Å². The molecule has 0 N–H and O–H groups in total. The van der Waals surface area contributed by atoms with Crippen LogP contribution in [-0.2, 0) is 20.7 Å². The highest BCUT2D eigenvalue weighted by atomic mass is 35.5. The van der Waals surface area contributed by atoms with E-state index in [0.29, 0.717) is 18.0 Å². The summed E-state index contributed by atoms with van der Waals surface area (Å²) in [5.74, 6) is -0.438. The van der Waals surface area contributed by atoms with Crippen molar-refractivity contribution in [1.82, 2.24) is 4.90 Å². The Morgan fingerprint density at radius 1 is 1.09 bits per heavy atom. The maximum Gasteiger partial charge on any atom is 0.410 e. The molecule has 1 amide bonds. The Morgan fingerprint density at radius 2 is 1.68 bits per heavy atom. The van der Waals surface area contributed by atoms with Crippen molar-refractivity contribution in [2.24, 2.45) is 0 Å². The molecule has 122 valence electrons. The van der Waals surface area contributed by atoms with Gasteiger partial charge in [-0.15, -0.1) is 0 Å². The molecular formula is C16H22ClNO4. The van der Waals surface area contributed by atoms with Crippen molar-refractivity contribution in [2.45, 2.75) is 33.2 Å². The average molecular weight is 328 g/mol. The summed E-state index contributed by atoms with van der Waals surface area (Å²) in [6.45, 7) is 6.13. The fourth-order valence-corrected chi connectivity index (χ4v) is 2.21. The molecule has 22 heavy (non-hydrogen) atoms. The third kappa shape index (κ3) is 5.22. The van der Waals surface area contributed by atoms with Crippen LogP contribution in [0.2, 0.25) is 5.02 Å². The number of hydrogen-bond donors (Lipinski definition) is 0. The summed E-state index contributed by atoms with van der Waals surface area (Å²) >= 11 is 5.87. The number of ether oxygens (including phenoxy) is 2. The molecule has 0 spiro atoms. The Balaban J connectivity index is 2.97. The summed E-state index contributed by atoms with van der Waals surface area (Å²) in [4.78, 5) is 25.7. The maximum absolute atomic E-state index is 12.2. The molecular weight excluding hydrogens is 306 g/mol. The molecule has 0 heterocycles. The van der Waals surface area contributed by atoms with E-state index in [1.807, 2.05) is 12.1 Å². The summed E-state index contributed by atoms with van der Waals surface area (Å²) in [6.07, 6.45) is -0.167. The van der Waals surface area contributed by atoms with E-state index in [-0.39, 0.29) is 13.2 Å². The molecule has 6 heteroatoms. The van der Waals surface area contributed by atoms with Gasteiger partial charge in [-0.25, -0.2) is 9.59 Å². The predicted octanol–water partition coefficient (Wildman–Crippen LogP) is 3.29. The highest BCUT2D eigenvalue weighted by molar-refractivity contribution is 6.30. The minimum absolute atomic E-state index is 0.256. The van der Waals surface area contributed by atoms with Gasteiger partial charge in [0.1, 0.15) is 6.04 Å². The summed E-state index contributed by atoms with van der Waals surface area (Å²) in [5, 5.41) is 0.620. The molecule has 1 aromatic rings. The third-order valence-corrected chi connectivity index (χ3v) is 3.37. The minimum Gasteiger partial charge on any atom is -0.464 e. The largest absolute Gasteiger partial charge is 0.464 e. The van der Waals surface area contributed by atoms with Gasteiger partial charge in [-0.1, -0.05) is 23.7 Å². The zero-order valence-electron chi connectivity index (χ0n) is 13.2. The van der Waals surface area contributed by atoms with Crippen LogP contribution in [-0.4, -0.2) is 42.8 Å². The molecule has 1 atom stereocenters. The highest BCUT2D eigenvalue weighted by Crippen LogP contribution is 2.15. The molecule has 5 nitrogen and oxygen atoms in total. The lowest BCUT2D eigenvalue weighted by molar-refractivity contribution is -0.148. The van der Waals surface area contributed by atoms with E-state index < -0.39 is 18.1 Å². The van der Waals surface area contributed by atoms with Crippen LogP contribution in [0.25, 0.3) is 0 Å². The molecule has 0 radical (unpaired) electrons. The molecule has 1 rings (SSSR count). The molecule has 0 fully saturated rings. The van der Waals surface area contributed by atoms with Crippen LogP contribution in [0.3, 0.4) is 0 Å². The number of hydrogen-bond acceptors (Lipinski definition) is 4. The number of rotatable bonds is 7. The first-order valence-electron chi connectivity index (χ1n) is 7.37. The number of likely N-dealkylation sites (N-methyl/N-ethyl adjacent to an activating group) is 1. The van der Waals surface area contributed by atoms with E-state index >= 15 is 0 Å². The van der Waals surface area contributed by atoms with E-state index in [1.165, 1.54) is 4.90 Å². The lowest BCUT2D eigenvalue weighted by Gasteiger charge is -2.28. The van der Waals surface area contributed by atoms with Gasteiger partial charge >= 0.3 is 12.1 Å². The first-order chi connectivity index (χ1) is 10.5. The number of nitrogens with zero attached hydrogens (tertiary/aromatic N) is 1. The Bertz CT molecular complexity index is 489. The molecule has 0 aliphatic rings. The number of amides is 1. The van der Waals surface area contributed by atoms with Gasteiger partial charge in [0.25, 0.3) is 0 Å². The second kappa shape index (κ2) is 9.30. The van der Waals surface area contributed by atoms with Crippen molar-refractivity contribution in [1.29, 1.82) is 0 Å². The van der Waals surface area contributed by atoms with Gasteiger partial charge in [0.15, 0.2) is 0 Å². The van der Waals surface area contributed by atoms with Crippen molar-refractivity contribution in [3.8, 4) is 0 Å². The van der Waals surface area contributed by atoms with E-state index in [4.69, 9.17) is 21.1 Å². The van der Waals surface area contributed by atoms with Crippen LogP contribution in [0.5, 0.6) is 0 Å². The van der Waals surface area contributed by atoms with Gasteiger partial charge in [0.05, 0.1) is 13.2 Å². The molecule has 0 aliphatic heterocycles. The van der Waals surface area contributed by atoms with Gasteiger partial charge in [0.2, 0.25) is 0 Å². The van der Waals surface area contributed by atoms with E-state index in [2.05, 4.69) is 0 Å².